The number of benzene rings is 1. The molecule has 1 atom stereocenters. The minimum Gasteiger partial charge on any atom is -0.474 e. The Kier molecular flexibility index (Phi) is 7.68. The molecule has 10 heteroatoms. The van der Waals surface area contributed by atoms with Crippen molar-refractivity contribution in [2.45, 2.75) is 78.5 Å². The molecule has 0 spiro atoms. The van der Waals surface area contributed by atoms with Crippen molar-refractivity contribution < 1.29 is 14.3 Å². The molecule has 2 fully saturated rings. The van der Waals surface area contributed by atoms with Crippen molar-refractivity contribution in [3.05, 3.63) is 65.3 Å². The van der Waals surface area contributed by atoms with Gasteiger partial charge in [-0.2, -0.15) is 5.10 Å². The van der Waals surface area contributed by atoms with Crippen LogP contribution in [0.4, 0.5) is 11.5 Å². The number of piperidine rings is 1. The van der Waals surface area contributed by atoms with Crippen LogP contribution in [0.1, 0.15) is 80.2 Å². The molecule has 2 aromatic heterocycles. The molecule has 5 rings (SSSR count). The van der Waals surface area contributed by atoms with Crippen molar-refractivity contribution in [1.82, 2.24) is 24.8 Å². The number of carbonyl (C=O) groups excluding carboxylic acids is 2. The first-order valence-electron chi connectivity index (χ1n) is 14.3. The number of nitrogens with zero attached hydrogens (tertiary/aromatic N) is 5. The van der Waals surface area contributed by atoms with Gasteiger partial charge >= 0.3 is 0 Å². The van der Waals surface area contributed by atoms with Crippen LogP contribution in [0.3, 0.4) is 0 Å². The van der Waals surface area contributed by atoms with Crippen molar-refractivity contribution in [3.63, 3.8) is 0 Å². The molecule has 2 aliphatic rings. The van der Waals surface area contributed by atoms with Gasteiger partial charge in [0, 0.05) is 44.4 Å². The highest BCUT2D eigenvalue weighted by Crippen LogP contribution is 2.34. The number of carbonyl (C=O) groups is 2. The molecule has 1 aromatic carbocycles. The third-order valence-corrected chi connectivity index (χ3v) is 7.42. The largest absolute Gasteiger partial charge is 0.474 e. The topological polar surface area (TPSA) is 104 Å². The lowest BCUT2D eigenvalue weighted by molar-refractivity contribution is -0.114. The molecule has 10 nitrogen and oxygen atoms in total. The average Bonchev–Trinajstić information content (AvgIpc) is 3.27. The van der Waals surface area contributed by atoms with E-state index in [4.69, 9.17) is 14.8 Å². The zero-order valence-electron chi connectivity index (χ0n) is 25.0. The van der Waals surface area contributed by atoms with E-state index in [1.165, 1.54) is 6.92 Å². The second kappa shape index (κ2) is 11.1. The van der Waals surface area contributed by atoms with Crippen LogP contribution >= 0.6 is 0 Å². The van der Waals surface area contributed by atoms with Crippen LogP contribution in [-0.4, -0.2) is 62.6 Å². The summed E-state index contributed by atoms with van der Waals surface area (Å²) in [6.07, 6.45) is 4.77. The number of rotatable bonds is 7. The first-order valence-corrected chi connectivity index (χ1v) is 14.3. The lowest BCUT2D eigenvalue weighted by Gasteiger charge is -2.42. The molecule has 4 heterocycles. The van der Waals surface area contributed by atoms with Crippen molar-refractivity contribution in [2.75, 3.05) is 29.9 Å². The van der Waals surface area contributed by atoms with E-state index in [2.05, 4.69) is 22.1 Å². The first kappa shape index (κ1) is 28.4. The van der Waals surface area contributed by atoms with Crippen molar-refractivity contribution in [2.24, 2.45) is 0 Å². The van der Waals surface area contributed by atoms with Gasteiger partial charge < -0.3 is 25.2 Å². The lowest BCUT2D eigenvalue weighted by atomic mass is 9.97. The lowest BCUT2D eigenvalue weighted by Crippen LogP contribution is -2.58. The third kappa shape index (κ3) is 6.31. The van der Waals surface area contributed by atoms with Gasteiger partial charge in [-0.15, -0.1) is 0 Å². The molecular weight excluding hydrogens is 518 g/mol. The average molecular weight is 560 g/mol. The molecule has 0 aliphatic carbocycles. The Balaban J connectivity index is 1.35. The Labute approximate surface area is 241 Å². The van der Waals surface area contributed by atoms with Crippen LogP contribution in [0, 0.1) is 13.8 Å². The van der Waals surface area contributed by atoms with Gasteiger partial charge in [0.2, 0.25) is 5.91 Å². The van der Waals surface area contributed by atoms with E-state index in [0.29, 0.717) is 23.7 Å². The Morgan fingerprint density at radius 2 is 1.88 bits per heavy atom. The van der Waals surface area contributed by atoms with Gasteiger partial charge in [-0.05, 0) is 72.6 Å². The van der Waals surface area contributed by atoms with Gasteiger partial charge in [0.1, 0.15) is 11.4 Å². The Hall–Kier alpha value is -4.08. The number of hydrogen-bond donors (Lipinski definition) is 2. The summed E-state index contributed by atoms with van der Waals surface area (Å²) in [4.78, 5) is 34.8. The minimum absolute atomic E-state index is 0.0971. The van der Waals surface area contributed by atoms with Crippen LogP contribution in [-0.2, 0) is 9.53 Å². The minimum atomic E-state index is -0.289. The fourth-order valence-electron chi connectivity index (χ4n) is 5.64. The summed E-state index contributed by atoms with van der Waals surface area (Å²) >= 11 is 0. The SMILES string of the molecule is C=C(NC1CN(c2nc3cc([C@@H]4CCCCN4C(=O)c4cc(C)ccc4NC(C)=O)nn3cc2C)C1)OC(C)(C)C. The maximum absolute atomic E-state index is 13.9. The van der Waals surface area contributed by atoms with Gasteiger partial charge in [0.05, 0.1) is 29.0 Å². The molecular formula is C31H41N7O3. The monoisotopic (exact) mass is 559 g/mol. The smallest absolute Gasteiger partial charge is 0.256 e. The van der Waals surface area contributed by atoms with Crippen LogP contribution in [0.2, 0.25) is 0 Å². The first-order chi connectivity index (χ1) is 19.4. The highest BCUT2D eigenvalue weighted by molar-refractivity contribution is 6.03. The molecule has 41 heavy (non-hydrogen) atoms. The maximum atomic E-state index is 13.9. The summed E-state index contributed by atoms with van der Waals surface area (Å²) in [5.41, 5.74) is 4.33. The molecule has 2 saturated heterocycles. The summed E-state index contributed by atoms with van der Waals surface area (Å²) < 4.78 is 7.63. The molecule has 0 saturated carbocycles. The predicted octanol–water partition coefficient (Wildman–Crippen LogP) is 4.74. The van der Waals surface area contributed by atoms with Gasteiger partial charge in [-0.25, -0.2) is 9.50 Å². The van der Waals surface area contributed by atoms with Gasteiger partial charge in [0.25, 0.3) is 5.91 Å². The zero-order chi connectivity index (χ0) is 29.5. The van der Waals surface area contributed by atoms with E-state index in [0.717, 1.165) is 60.6 Å². The summed E-state index contributed by atoms with van der Waals surface area (Å²) in [6, 6.07) is 7.62. The number of amides is 2. The van der Waals surface area contributed by atoms with E-state index in [1.807, 2.05) is 68.4 Å². The van der Waals surface area contributed by atoms with Gasteiger partial charge in [-0.3, -0.25) is 9.59 Å². The van der Waals surface area contributed by atoms with E-state index in [9.17, 15) is 9.59 Å². The highest BCUT2D eigenvalue weighted by atomic mass is 16.5. The van der Waals surface area contributed by atoms with Crippen molar-refractivity contribution >= 4 is 29.0 Å². The normalized spacial score (nSPS) is 17.8. The predicted molar refractivity (Wildman–Crippen MR) is 160 cm³/mol. The molecule has 2 amide bonds. The maximum Gasteiger partial charge on any atom is 0.256 e. The number of nitrogens with one attached hydrogen (secondary N) is 2. The summed E-state index contributed by atoms with van der Waals surface area (Å²) in [6.45, 7) is 17.7. The van der Waals surface area contributed by atoms with Gasteiger partial charge in [-0.1, -0.05) is 11.6 Å². The molecule has 0 radical (unpaired) electrons. The Bertz CT molecular complexity index is 1480. The molecule has 2 aliphatic heterocycles. The van der Waals surface area contributed by atoms with E-state index < -0.39 is 0 Å². The Morgan fingerprint density at radius 3 is 2.59 bits per heavy atom. The quantitative estimate of drug-likeness (QED) is 0.403. The number of hydrogen-bond acceptors (Lipinski definition) is 7. The second-order valence-electron chi connectivity index (χ2n) is 12.2. The fraction of sp³-hybridized carbons (Fsp3) is 0.484. The fourth-order valence-corrected chi connectivity index (χ4v) is 5.64. The van der Waals surface area contributed by atoms with Crippen LogP contribution in [0.15, 0.2) is 42.9 Å². The Morgan fingerprint density at radius 1 is 1.12 bits per heavy atom. The number of anilines is 2. The number of likely N-dealkylation sites (tertiary alicyclic amines) is 1. The number of aryl methyl sites for hydroxylation is 2. The number of aromatic nitrogens is 3. The molecule has 3 aromatic rings. The molecule has 0 unspecified atom stereocenters. The third-order valence-electron chi connectivity index (χ3n) is 7.42. The second-order valence-corrected chi connectivity index (χ2v) is 12.2. The molecule has 0 bridgehead atoms. The van der Waals surface area contributed by atoms with Crippen LogP contribution in [0.25, 0.3) is 5.65 Å². The number of ether oxygens (including phenoxy) is 1. The molecule has 218 valence electrons. The standard InChI is InChI=1S/C31H41N7O3/c1-19-11-12-25(32-21(3)39)24(14-19)30(40)37-13-9-8-10-27(37)26-15-28-34-29(20(2)16-38(28)35-26)36-17-23(18-36)33-22(4)41-31(5,6)7/h11-12,14-16,23,27,33H,4,8-10,13,17-18H2,1-3,5-7H3,(H,32,39)/t27-/m0/s1. The van der Waals surface area contributed by atoms with Crippen molar-refractivity contribution in [1.29, 1.82) is 0 Å². The van der Waals surface area contributed by atoms with Crippen LogP contribution < -0.4 is 15.5 Å². The number of fused-ring (bicyclic) bond motifs is 1. The summed E-state index contributed by atoms with van der Waals surface area (Å²) in [5.74, 6) is 1.22. The summed E-state index contributed by atoms with van der Waals surface area (Å²) in [5, 5.41) is 11.1. The van der Waals surface area contributed by atoms with E-state index in [1.54, 1.807) is 6.07 Å². The summed E-state index contributed by atoms with van der Waals surface area (Å²) in [7, 11) is 0. The zero-order valence-corrected chi connectivity index (χ0v) is 25.0. The van der Waals surface area contributed by atoms with E-state index >= 15 is 0 Å². The molecule has 2 N–H and O–H groups in total. The van der Waals surface area contributed by atoms with Crippen LogP contribution in [0.5, 0.6) is 0 Å². The highest BCUT2D eigenvalue weighted by Gasteiger charge is 2.33. The van der Waals surface area contributed by atoms with Crippen molar-refractivity contribution in [3.8, 4) is 0 Å². The van der Waals surface area contributed by atoms with Gasteiger partial charge in [0.15, 0.2) is 11.5 Å². The van der Waals surface area contributed by atoms with E-state index in [-0.39, 0.29) is 29.5 Å².